The molecule has 0 spiro atoms. The van der Waals surface area contributed by atoms with Crippen LogP contribution in [-0.4, -0.2) is 30.6 Å². The third kappa shape index (κ3) is 3.10. The van der Waals surface area contributed by atoms with Crippen molar-refractivity contribution >= 4 is 5.97 Å². The fourth-order valence-electron chi connectivity index (χ4n) is 2.30. The van der Waals surface area contributed by atoms with E-state index < -0.39 is 0 Å². The van der Waals surface area contributed by atoms with Crippen LogP contribution in [0.4, 0.5) is 0 Å². The van der Waals surface area contributed by atoms with Crippen molar-refractivity contribution in [2.24, 2.45) is 0 Å². The predicted octanol–water partition coefficient (Wildman–Crippen LogP) is 2.85. The second-order valence-corrected chi connectivity index (χ2v) is 4.85. The molecule has 0 unspecified atom stereocenters. The highest BCUT2D eigenvalue weighted by atomic mass is 16.5. The van der Waals surface area contributed by atoms with Gasteiger partial charge in [0, 0.05) is 12.6 Å². The first-order chi connectivity index (χ1) is 8.76. The van der Waals surface area contributed by atoms with Crippen molar-refractivity contribution < 1.29 is 9.53 Å². The van der Waals surface area contributed by atoms with E-state index in [-0.39, 0.29) is 5.97 Å². The standard InChI is InChI=1S/C15H21NO2/c1-3-10-16(13-8-9-13)11-12-6-4-5-7-14(12)15(17)18-2/h4-7,13H,3,8-11H2,1-2H3. The summed E-state index contributed by atoms with van der Waals surface area (Å²) < 4.78 is 4.84. The molecule has 0 heterocycles. The number of ether oxygens (including phenoxy) is 1. The Morgan fingerprint density at radius 1 is 1.39 bits per heavy atom. The molecule has 98 valence electrons. The zero-order valence-corrected chi connectivity index (χ0v) is 11.2. The lowest BCUT2D eigenvalue weighted by Crippen LogP contribution is -2.27. The molecule has 0 aromatic heterocycles. The third-order valence-electron chi connectivity index (χ3n) is 3.37. The lowest BCUT2D eigenvalue weighted by molar-refractivity contribution is 0.0598. The number of hydrogen-bond donors (Lipinski definition) is 0. The van der Waals surface area contributed by atoms with Crippen molar-refractivity contribution in [3.8, 4) is 0 Å². The van der Waals surface area contributed by atoms with Gasteiger partial charge in [-0.3, -0.25) is 4.90 Å². The Morgan fingerprint density at radius 2 is 2.11 bits per heavy atom. The second-order valence-electron chi connectivity index (χ2n) is 4.85. The van der Waals surface area contributed by atoms with Gasteiger partial charge in [-0.1, -0.05) is 25.1 Å². The fraction of sp³-hybridized carbons (Fsp3) is 0.533. The normalized spacial score (nSPS) is 14.8. The van der Waals surface area contributed by atoms with Gasteiger partial charge in [0.15, 0.2) is 0 Å². The summed E-state index contributed by atoms with van der Waals surface area (Å²) in [6.07, 6.45) is 3.73. The van der Waals surface area contributed by atoms with Crippen molar-refractivity contribution in [2.45, 2.75) is 38.8 Å². The van der Waals surface area contributed by atoms with Gasteiger partial charge in [-0.2, -0.15) is 0 Å². The van der Waals surface area contributed by atoms with E-state index in [1.165, 1.54) is 20.0 Å². The highest BCUT2D eigenvalue weighted by Gasteiger charge is 2.29. The van der Waals surface area contributed by atoms with Crippen molar-refractivity contribution in [1.82, 2.24) is 4.90 Å². The Labute approximate surface area is 109 Å². The molecule has 1 aromatic carbocycles. The Balaban J connectivity index is 2.13. The van der Waals surface area contributed by atoms with Crippen molar-refractivity contribution in [1.29, 1.82) is 0 Å². The molecule has 1 saturated carbocycles. The first-order valence-electron chi connectivity index (χ1n) is 6.66. The number of hydrogen-bond acceptors (Lipinski definition) is 3. The van der Waals surface area contributed by atoms with Crippen LogP contribution < -0.4 is 0 Å². The number of nitrogens with zero attached hydrogens (tertiary/aromatic N) is 1. The van der Waals surface area contributed by atoms with Gasteiger partial charge in [-0.25, -0.2) is 4.79 Å². The topological polar surface area (TPSA) is 29.5 Å². The number of carbonyl (C=O) groups is 1. The van der Waals surface area contributed by atoms with E-state index in [9.17, 15) is 4.79 Å². The largest absolute Gasteiger partial charge is 0.465 e. The first-order valence-corrected chi connectivity index (χ1v) is 6.66. The van der Waals surface area contributed by atoms with Crippen LogP contribution in [0.25, 0.3) is 0 Å². The second kappa shape index (κ2) is 6.01. The molecule has 1 aliphatic carbocycles. The van der Waals surface area contributed by atoms with Gasteiger partial charge in [0.25, 0.3) is 0 Å². The fourth-order valence-corrected chi connectivity index (χ4v) is 2.30. The molecular weight excluding hydrogens is 226 g/mol. The average molecular weight is 247 g/mol. The van der Waals surface area contributed by atoms with E-state index in [1.807, 2.05) is 24.3 Å². The zero-order valence-electron chi connectivity index (χ0n) is 11.2. The summed E-state index contributed by atoms with van der Waals surface area (Å²) >= 11 is 0. The van der Waals surface area contributed by atoms with Crippen molar-refractivity contribution in [3.05, 3.63) is 35.4 Å². The molecule has 18 heavy (non-hydrogen) atoms. The molecule has 3 heteroatoms. The lowest BCUT2D eigenvalue weighted by atomic mass is 10.1. The van der Waals surface area contributed by atoms with Crippen LogP contribution in [0.15, 0.2) is 24.3 Å². The summed E-state index contributed by atoms with van der Waals surface area (Å²) in [6.45, 7) is 4.14. The first kappa shape index (κ1) is 13.1. The van der Waals surface area contributed by atoms with E-state index in [0.717, 1.165) is 31.1 Å². The SMILES string of the molecule is CCCN(Cc1ccccc1C(=O)OC)C1CC1. The maximum Gasteiger partial charge on any atom is 0.338 e. The smallest absolute Gasteiger partial charge is 0.338 e. The number of carbonyl (C=O) groups excluding carboxylic acids is 1. The zero-order chi connectivity index (χ0) is 13.0. The van der Waals surface area contributed by atoms with Gasteiger partial charge in [-0.05, 0) is 37.4 Å². The van der Waals surface area contributed by atoms with Crippen LogP contribution >= 0.6 is 0 Å². The molecule has 2 rings (SSSR count). The van der Waals surface area contributed by atoms with Crippen LogP contribution in [0.5, 0.6) is 0 Å². The molecule has 0 amide bonds. The summed E-state index contributed by atoms with van der Waals surface area (Å²) in [5.41, 5.74) is 1.77. The van der Waals surface area contributed by atoms with Crippen LogP contribution in [0.1, 0.15) is 42.1 Å². The molecule has 1 aliphatic rings. The monoisotopic (exact) mass is 247 g/mol. The lowest BCUT2D eigenvalue weighted by Gasteiger charge is -2.22. The molecule has 1 aromatic rings. The third-order valence-corrected chi connectivity index (χ3v) is 3.37. The highest BCUT2D eigenvalue weighted by Crippen LogP contribution is 2.29. The van der Waals surface area contributed by atoms with Gasteiger partial charge >= 0.3 is 5.97 Å². The molecule has 3 nitrogen and oxygen atoms in total. The minimum absolute atomic E-state index is 0.238. The Bertz CT molecular complexity index is 413. The Hall–Kier alpha value is -1.35. The highest BCUT2D eigenvalue weighted by molar-refractivity contribution is 5.90. The number of rotatable bonds is 6. The van der Waals surface area contributed by atoms with E-state index in [1.54, 1.807) is 0 Å². The average Bonchev–Trinajstić information content (AvgIpc) is 3.22. The molecule has 1 fully saturated rings. The minimum atomic E-state index is -0.238. The van der Waals surface area contributed by atoms with E-state index in [2.05, 4.69) is 11.8 Å². The van der Waals surface area contributed by atoms with Crippen molar-refractivity contribution in [3.63, 3.8) is 0 Å². The van der Waals surface area contributed by atoms with Crippen LogP contribution in [0.3, 0.4) is 0 Å². The summed E-state index contributed by atoms with van der Waals surface area (Å²) in [4.78, 5) is 14.2. The maximum absolute atomic E-state index is 11.7. The van der Waals surface area contributed by atoms with Crippen molar-refractivity contribution in [2.75, 3.05) is 13.7 Å². The predicted molar refractivity (Wildman–Crippen MR) is 71.5 cm³/mol. The molecule has 0 radical (unpaired) electrons. The molecular formula is C15H21NO2. The quantitative estimate of drug-likeness (QED) is 0.724. The number of benzene rings is 1. The van der Waals surface area contributed by atoms with Crippen LogP contribution in [0, 0.1) is 0 Å². The molecule has 0 aliphatic heterocycles. The van der Waals surface area contributed by atoms with E-state index >= 15 is 0 Å². The minimum Gasteiger partial charge on any atom is -0.465 e. The van der Waals surface area contributed by atoms with E-state index in [4.69, 9.17) is 4.74 Å². The number of methoxy groups -OCH3 is 1. The summed E-state index contributed by atoms with van der Waals surface area (Å²) in [5, 5.41) is 0. The van der Waals surface area contributed by atoms with Gasteiger partial charge < -0.3 is 4.74 Å². The van der Waals surface area contributed by atoms with Crippen LogP contribution in [-0.2, 0) is 11.3 Å². The van der Waals surface area contributed by atoms with Crippen LogP contribution in [0.2, 0.25) is 0 Å². The molecule has 0 atom stereocenters. The summed E-state index contributed by atoms with van der Waals surface area (Å²) in [7, 11) is 1.43. The van der Waals surface area contributed by atoms with Gasteiger partial charge in [0.05, 0.1) is 12.7 Å². The maximum atomic E-state index is 11.7. The Kier molecular flexibility index (Phi) is 4.37. The number of esters is 1. The molecule has 0 bridgehead atoms. The van der Waals surface area contributed by atoms with Gasteiger partial charge in [-0.15, -0.1) is 0 Å². The van der Waals surface area contributed by atoms with E-state index in [0.29, 0.717) is 5.56 Å². The van der Waals surface area contributed by atoms with Gasteiger partial charge in [0.2, 0.25) is 0 Å². The summed E-state index contributed by atoms with van der Waals surface area (Å²) in [5.74, 6) is -0.238. The Morgan fingerprint density at radius 3 is 2.72 bits per heavy atom. The van der Waals surface area contributed by atoms with Gasteiger partial charge in [0.1, 0.15) is 0 Å². The summed E-state index contributed by atoms with van der Waals surface area (Å²) in [6, 6.07) is 8.46. The molecule has 0 saturated heterocycles. The molecule has 0 N–H and O–H groups in total.